The van der Waals surface area contributed by atoms with Crippen molar-refractivity contribution in [2.75, 3.05) is 50.2 Å². The highest BCUT2D eigenvalue weighted by molar-refractivity contribution is 6.14. The predicted octanol–water partition coefficient (Wildman–Crippen LogP) is 3.85. The van der Waals surface area contributed by atoms with Gasteiger partial charge in [-0.15, -0.1) is 0 Å². The zero-order valence-corrected chi connectivity index (χ0v) is 23.2. The van der Waals surface area contributed by atoms with Gasteiger partial charge in [-0.2, -0.15) is 10.1 Å². The van der Waals surface area contributed by atoms with E-state index in [2.05, 4.69) is 46.1 Å². The Bertz CT molecular complexity index is 1560. The molecular formula is C29H34FN7O3. The summed E-state index contributed by atoms with van der Waals surface area (Å²) in [5.41, 5.74) is 2.42. The topological polar surface area (TPSA) is 97.6 Å². The van der Waals surface area contributed by atoms with Crippen molar-refractivity contribution in [3.05, 3.63) is 48.0 Å². The van der Waals surface area contributed by atoms with Gasteiger partial charge in [0.1, 0.15) is 5.52 Å². The van der Waals surface area contributed by atoms with E-state index in [0.29, 0.717) is 53.4 Å². The Morgan fingerprint density at radius 1 is 1.18 bits per heavy atom. The van der Waals surface area contributed by atoms with Gasteiger partial charge in [-0.3, -0.25) is 14.4 Å². The number of piperazine rings is 1. The molecule has 1 N–H and O–H groups in total. The van der Waals surface area contributed by atoms with Crippen LogP contribution in [0.25, 0.3) is 21.8 Å². The van der Waals surface area contributed by atoms with E-state index in [1.807, 2.05) is 6.07 Å². The Morgan fingerprint density at radius 3 is 2.73 bits per heavy atom. The lowest BCUT2D eigenvalue weighted by Crippen LogP contribution is -2.55. The summed E-state index contributed by atoms with van der Waals surface area (Å²) >= 11 is 0. The number of likely N-dealkylation sites (N-methyl/N-ethyl adjacent to an activating group) is 1. The maximum absolute atomic E-state index is 14.7. The van der Waals surface area contributed by atoms with Crippen LogP contribution in [0.5, 0.6) is 6.01 Å². The molecule has 2 aliphatic heterocycles. The molecule has 0 spiro atoms. The van der Waals surface area contributed by atoms with Crippen LogP contribution in [0.2, 0.25) is 0 Å². The van der Waals surface area contributed by atoms with Gasteiger partial charge in [0, 0.05) is 79.3 Å². The molecule has 0 radical (unpaired) electrons. The summed E-state index contributed by atoms with van der Waals surface area (Å²) in [5.74, 6) is -0.604. The standard InChI is InChI=1S/C29H34FN7O3/c1-17-12-37(13-18(2)36(17)4)25-6-5-22(27-23(25)11-31-29(33-27)40-16-19-7-8-39-15-19)28(38)32-21-9-20-14-35(3)34-26(20)24(30)10-21/h5-6,9-11,14,17-19H,7-8,12-13,15-16H2,1-4H3,(H,32,38)/t17-,18-,19-/m0/s1. The van der Waals surface area contributed by atoms with Crippen molar-refractivity contribution in [1.82, 2.24) is 24.6 Å². The first-order chi connectivity index (χ1) is 19.3. The first kappa shape index (κ1) is 26.4. The monoisotopic (exact) mass is 547 g/mol. The van der Waals surface area contributed by atoms with Crippen LogP contribution in [-0.2, 0) is 11.8 Å². The summed E-state index contributed by atoms with van der Waals surface area (Å²) in [4.78, 5) is 27.5. The molecular weight excluding hydrogens is 513 g/mol. The number of rotatable bonds is 6. The maximum Gasteiger partial charge on any atom is 0.316 e. The fourth-order valence-corrected chi connectivity index (χ4v) is 5.61. The molecule has 2 saturated heterocycles. The number of nitrogens with one attached hydrogen (secondary N) is 1. The van der Waals surface area contributed by atoms with Gasteiger partial charge in [0.25, 0.3) is 5.91 Å². The number of nitrogens with zero attached hydrogens (tertiary/aromatic N) is 6. The second kappa shape index (κ2) is 10.6. The molecule has 11 heteroatoms. The SMILES string of the molecule is C[C@H]1CN(c2ccc(C(=O)Nc3cc(F)c4nn(C)cc4c3)c3nc(OC[C@H]4CCOC4)ncc23)C[C@H](C)N1C. The third-order valence-corrected chi connectivity index (χ3v) is 8.06. The highest BCUT2D eigenvalue weighted by atomic mass is 19.1. The molecule has 0 unspecified atom stereocenters. The quantitative estimate of drug-likeness (QED) is 0.389. The molecule has 0 saturated carbocycles. The number of ether oxygens (including phenoxy) is 2. The average molecular weight is 548 g/mol. The van der Waals surface area contributed by atoms with E-state index in [-0.39, 0.29) is 11.5 Å². The fourth-order valence-electron chi connectivity index (χ4n) is 5.61. The number of aromatic nitrogens is 4. The van der Waals surface area contributed by atoms with Gasteiger partial charge in [-0.1, -0.05) is 0 Å². The smallest absolute Gasteiger partial charge is 0.316 e. The van der Waals surface area contributed by atoms with E-state index in [1.54, 1.807) is 36.3 Å². The molecule has 1 amide bonds. The first-order valence-corrected chi connectivity index (χ1v) is 13.7. The third kappa shape index (κ3) is 5.06. The molecule has 4 aromatic rings. The summed E-state index contributed by atoms with van der Waals surface area (Å²) in [7, 11) is 3.87. The molecule has 0 bridgehead atoms. The number of aryl methyl sites for hydroxylation is 1. The van der Waals surface area contributed by atoms with Gasteiger partial charge in [-0.25, -0.2) is 9.37 Å². The largest absolute Gasteiger partial charge is 0.463 e. The van der Waals surface area contributed by atoms with Crippen LogP contribution in [0.4, 0.5) is 15.8 Å². The number of carbonyl (C=O) groups excluding carboxylic acids is 1. The van der Waals surface area contributed by atoms with E-state index in [1.165, 1.54) is 6.07 Å². The minimum Gasteiger partial charge on any atom is -0.463 e. The number of amides is 1. The fraction of sp³-hybridized carbons (Fsp3) is 0.448. The highest BCUT2D eigenvalue weighted by Gasteiger charge is 2.29. The van der Waals surface area contributed by atoms with Gasteiger partial charge < -0.3 is 19.7 Å². The van der Waals surface area contributed by atoms with Gasteiger partial charge in [0.2, 0.25) is 0 Å². The molecule has 6 rings (SSSR count). The summed E-state index contributed by atoms with van der Waals surface area (Å²) in [6, 6.07) is 7.65. The van der Waals surface area contributed by atoms with Crippen molar-refractivity contribution >= 4 is 39.1 Å². The number of carbonyl (C=O) groups is 1. The Labute approximate surface area is 232 Å². The molecule has 40 heavy (non-hydrogen) atoms. The second-order valence-electron chi connectivity index (χ2n) is 11.0. The van der Waals surface area contributed by atoms with Crippen molar-refractivity contribution < 1.29 is 18.7 Å². The van der Waals surface area contributed by atoms with Gasteiger partial charge in [-0.05, 0) is 51.6 Å². The van der Waals surface area contributed by atoms with Crippen LogP contribution >= 0.6 is 0 Å². The summed E-state index contributed by atoms with van der Waals surface area (Å²) < 4.78 is 27.6. The van der Waals surface area contributed by atoms with Crippen molar-refractivity contribution in [1.29, 1.82) is 0 Å². The molecule has 210 valence electrons. The van der Waals surface area contributed by atoms with Gasteiger partial charge >= 0.3 is 6.01 Å². The van der Waals surface area contributed by atoms with E-state index in [0.717, 1.165) is 37.2 Å². The predicted molar refractivity (Wildman–Crippen MR) is 151 cm³/mol. The van der Waals surface area contributed by atoms with E-state index in [4.69, 9.17) is 14.5 Å². The Balaban J connectivity index is 1.36. The summed E-state index contributed by atoms with van der Waals surface area (Å²) in [6.45, 7) is 7.93. The zero-order valence-electron chi connectivity index (χ0n) is 23.2. The Morgan fingerprint density at radius 2 is 1.98 bits per heavy atom. The normalized spacial score (nSPS) is 21.8. The number of hydrogen-bond acceptors (Lipinski definition) is 8. The lowest BCUT2D eigenvalue weighted by Gasteiger charge is -2.43. The molecule has 2 aromatic carbocycles. The maximum atomic E-state index is 14.7. The minimum atomic E-state index is -0.499. The van der Waals surface area contributed by atoms with Gasteiger partial charge in [0.05, 0.1) is 24.3 Å². The summed E-state index contributed by atoms with van der Waals surface area (Å²) in [6.07, 6.45) is 4.38. The lowest BCUT2D eigenvalue weighted by atomic mass is 10.0. The summed E-state index contributed by atoms with van der Waals surface area (Å²) in [5, 5.41) is 8.36. The average Bonchev–Trinajstić information content (AvgIpc) is 3.59. The number of anilines is 2. The number of hydrogen-bond donors (Lipinski definition) is 1. The van der Waals surface area contributed by atoms with Crippen molar-refractivity contribution in [2.24, 2.45) is 13.0 Å². The Hall–Kier alpha value is -3.83. The molecule has 2 aromatic heterocycles. The van der Waals surface area contributed by atoms with Crippen LogP contribution in [-0.4, -0.2) is 82.6 Å². The number of halogens is 1. The number of benzene rings is 2. The van der Waals surface area contributed by atoms with Crippen LogP contribution < -0.4 is 15.0 Å². The van der Waals surface area contributed by atoms with Gasteiger partial charge in [0.15, 0.2) is 5.82 Å². The molecule has 4 heterocycles. The highest BCUT2D eigenvalue weighted by Crippen LogP contribution is 2.32. The van der Waals surface area contributed by atoms with E-state index >= 15 is 0 Å². The molecule has 0 aliphatic carbocycles. The first-order valence-electron chi connectivity index (χ1n) is 13.7. The molecule has 2 fully saturated rings. The number of fused-ring (bicyclic) bond motifs is 2. The second-order valence-corrected chi connectivity index (χ2v) is 11.0. The van der Waals surface area contributed by atoms with Crippen molar-refractivity contribution in [2.45, 2.75) is 32.4 Å². The minimum absolute atomic E-state index is 0.216. The molecule has 10 nitrogen and oxygen atoms in total. The van der Waals surface area contributed by atoms with Crippen LogP contribution in [0, 0.1) is 11.7 Å². The molecule has 2 aliphatic rings. The van der Waals surface area contributed by atoms with Crippen molar-refractivity contribution in [3.63, 3.8) is 0 Å². The van der Waals surface area contributed by atoms with Crippen LogP contribution in [0.3, 0.4) is 0 Å². The lowest BCUT2D eigenvalue weighted by molar-refractivity contribution is 0.102. The van der Waals surface area contributed by atoms with Crippen LogP contribution in [0.15, 0.2) is 36.7 Å². The zero-order chi connectivity index (χ0) is 28.0. The Kier molecular flexibility index (Phi) is 7.01. The van der Waals surface area contributed by atoms with E-state index in [9.17, 15) is 9.18 Å². The third-order valence-electron chi connectivity index (χ3n) is 8.06. The molecule has 3 atom stereocenters. The van der Waals surface area contributed by atoms with E-state index < -0.39 is 11.7 Å². The van der Waals surface area contributed by atoms with Crippen molar-refractivity contribution in [3.8, 4) is 6.01 Å². The van der Waals surface area contributed by atoms with Crippen LogP contribution in [0.1, 0.15) is 30.6 Å².